The van der Waals surface area contributed by atoms with Crippen molar-refractivity contribution in [1.82, 2.24) is 15.4 Å². The van der Waals surface area contributed by atoms with Gasteiger partial charge in [-0.1, -0.05) is 36.0 Å². The van der Waals surface area contributed by atoms with Crippen molar-refractivity contribution in [2.24, 2.45) is 5.10 Å². The number of hydrogen-bond donors (Lipinski definition) is 2. The van der Waals surface area contributed by atoms with Gasteiger partial charge in [0.1, 0.15) is 0 Å². The van der Waals surface area contributed by atoms with Gasteiger partial charge in [0.15, 0.2) is 5.16 Å². The lowest BCUT2D eigenvalue weighted by atomic mass is 10.1. The molecule has 1 amide bonds. The van der Waals surface area contributed by atoms with E-state index in [-0.39, 0.29) is 11.7 Å². The second kappa shape index (κ2) is 7.61. The van der Waals surface area contributed by atoms with E-state index in [4.69, 9.17) is 0 Å². The predicted octanol–water partition coefficient (Wildman–Crippen LogP) is 3.82. The molecular formula is C17H13F3N4OS. The van der Waals surface area contributed by atoms with Crippen LogP contribution in [-0.2, 0) is 11.0 Å². The Bertz CT molecular complexity index is 902. The molecule has 0 saturated carbocycles. The second-order valence-corrected chi connectivity index (χ2v) is 6.22. The monoisotopic (exact) mass is 378 g/mol. The number of imidazole rings is 1. The molecule has 3 rings (SSSR count). The number of para-hydroxylation sites is 2. The van der Waals surface area contributed by atoms with E-state index in [1.165, 1.54) is 30.1 Å². The maximum Gasteiger partial charge on any atom is 0.416 e. The SMILES string of the molecule is O=C(CSc1nc2ccccc2[nH]1)NN=Cc1ccc(C(F)(F)F)cc1. The topological polar surface area (TPSA) is 70.1 Å². The summed E-state index contributed by atoms with van der Waals surface area (Å²) in [6.45, 7) is 0. The summed E-state index contributed by atoms with van der Waals surface area (Å²) in [5.41, 5.74) is 3.74. The summed E-state index contributed by atoms with van der Waals surface area (Å²) in [5, 5.41) is 4.36. The molecule has 0 aliphatic carbocycles. The fourth-order valence-corrected chi connectivity index (χ4v) is 2.78. The Balaban J connectivity index is 1.49. The highest BCUT2D eigenvalue weighted by atomic mass is 32.2. The predicted molar refractivity (Wildman–Crippen MR) is 94.0 cm³/mol. The molecule has 1 heterocycles. The van der Waals surface area contributed by atoms with Crippen molar-refractivity contribution in [3.8, 4) is 0 Å². The number of halogens is 3. The van der Waals surface area contributed by atoms with E-state index in [0.29, 0.717) is 10.7 Å². The average Bonchev–Trinajstić information content (AvgIpc) is 3.03. The lowest BCUT2D eigenvalue weighted by Crippen LogP contribution is -2.19. The van der Waals surface area contributed by atoms with Crippen molar-refractivity contribution in [3.63, 3.8) is 0 Å². The van der Waals surface area contributed by atoms with Crippen molar-refractivity contribution in [1.29, 1.82) is 0 Å². The molecule has 0 fully saturated rings. The summed E-state index contributed by atoms with van der Waals surface area (Å²) in [4.78, 5) is 19.2. The van der Waals surface area contributed by atoms with Crippen LogP contribution in [0.25, 0.3) is 11.0 Å². The summed E-state index contributed by atoms with van der Waals surface area (Å²) in [7, 11) is 0. The van der Waals surface area contributed by atoms with E-state index < -0.39 is 11.7 Å². The Morgan fingerprint density at radius 2 is 1.92 bits per heavy atom. The Hall–Kier alpha value is -2.81. The summed E-state index contributed by atoms with van der Waals surface area (Å²) in [6, 6.07) is 12.0. The molecular weight excluding hydrogens is 365 g/mol. The first-order valence-electron chi connectivity index (χ1n) is 7.48. The highest BCUT2D eigenvalue weighted by Crippen LogP contribution is 2.28. The number of amides is 1. The quantitative estimate of drug-likeness (QED) is 0.403. The number of rotatable bonds is 5. The molecule has 2 aromatic carbocycles. The number of aromatic amines is 1. The third-order valence-corrected chi connectivity index (χ3v) is 4.22. The smallest absolute Gasteiger partial charge is 0.333 e. The van der Waals surface area contributed by atoms with Crippen molar-refractivity contribution in [2.75, 3.05) is 5.75 Å². The van der Waals surface area contributed by atoms with Crippen LogP contribution in [0.3, 0.4) is 0 Å². The largest absolute Gasteiger partial charge is 0.416 e. The molecule has 0 unspecified atom stereocenters. The molecule has 0 spiro atoms. The standard InChI is InChI=1S/C17H13F3N4OS/c18-17(19,20)12-7-5-11(6-8-12)9-21-24-15(25)10-26-16-22-13-3-1-2-4-14(13)23-16/h1-9H,10H2,(H,22,23)(H,24,25). The number of H-pyrrole nitrogens is 1. The van der Waals surface area contributed by atoms with Gasteiger partial charge in [0.25, 0.3) is 5.91 Å². The average molecular weight is 378 g/mol. The minimum absolute atomic E-state index is 0.101. The Morgan fingerprint density at radius 1 is 1.19 bits per heavy atom. The summed E-state index contributed by atoms with van der Waals surface area (Å²) in [6.07, 6.45) is -3.10. The number of carbonyl (C=O) groups excluding carboxylic acids is 1. The van der Waals surface area contributed by atoms with Gasteiger partial charge in [-0.3, -0.25) is 4.79 Å². The molecule has 9 heteroatoms. The molecule has 0 atom stereocenters. The van der Waals surface area contributed by atoms with Gasteiger partial charge in [0, 0.05) is 0 Å². The molecule has 2 N–H and O–H groups in total. The normalized spacial score (nSPS) is 12.0. The Morgan fingerprint density at radius 3 is 2.62 bits per heavy atom. The Labute approximate surface area is 150 Å². The lowest BCUT2D eigenvalue weighted by Gasteiger charge is -2.05. The first kappa shape index (κ1) is 18.0. The van der Waals surface area contributed by atoms with Gasteiger partial charge in [-0.25, -0.2) is 10.4 Å². The van der Waals surface area contributed by atoms with Gasteiger partial charge < -0.3 is 4.98 Å². The zero-order chi connectivity index (χ0) is 18.6. The van der Waals surface area contributed by atoms with Crippen LogP contribution < -0.4 is 5.43 Å². The van der Waals surface area contributed by atoms with Crippen LogP contribution in [0, 0.1) is 0 Å². The van der Waals surface area contributed by atoms with Crippen molar-refractivity contribution < 1.29 is 18.0 Å². The van der Waals surface area contributed by atoms with Crippen LogP contribution in [0.5, 0.6) is 0 Å². The molecule has 134 valence electrons. The van der Waals surface area contributed by atoms with Crippen LogP contribution >= 0.6 is 11.8 Å². The van der Waals surface area contributed by atoms with Gasteiger partial charge in [0.2, 0.25) is 0 Å². The third-order valence-electron chi connectivity index (χ3n) is 3.35. The van der Waals surface area contributed by atoms with Crippen LogP contribution in [0.2, 0.25) is 0 Å². The van der Waals surface area contributed by atoms with Gasteiger partial charge in [0.05, 0.1) is 28.6 Å². The third kappa shape index (κ3) is 4.63. The van der Waals surface area contributed by atoms with E-state index in [0.717, 1.165) is 23.2 Å². The number of benzene rings is 2. The summed E-state index contributed by atoms with van der Waals surface area (Å²) in [5.74, 6) is -0.247. The van der Waals surface area contributed by atoms with Gasteiger partial charge >= 0.3 is 6.18 Å². The number of aromatic nitrogens is 2. The van der Waals surface area contributed by atoms with Gasteiger partial charge in [-0.15, -0.1) is 0 Å². The van der Waals surface area contributed by atoms with Crippen molar-refractivity contribution in [3.05, 3.63) is 59.7 Å². The molecule has 0 aliphatic rings. The molecule has 0 aliphatic heterocycles. The number of alkyl halides is 3. The molecule has 5 nitrogen and oxygen atoms in total. The van der Waals surface area contributed by atoms with Crippen LogP contribution in [-0.4, -0.2) is 27.8 Å². The zero-order valence-electron chi connectivity index (χ0n) is 13.2. The summed E-state index contributed by atoms with van der Waals surface area (Å²) >= 11 is 1.23. The highest BCUT2D eigenvalue weighted by Gasteiger charge is 2.29. The van der Waals surface area contributed by atoms with E-state index >= 15 is 0 Å². The zero-order valence-corrected chi connectivity index (χ0v) is 14.1. The first-order chi connectivity index (χ1) is 12.4. The maximum atomic E-state index is 12.5. The highest BCUT2D eigenvalue weighted by molar-refractivity contribution is 7.99. The molecule has 0 radical (unpaired) electrons. The fourth-order valence-electron chi connectivity index (χ4n) is 2.10. The number of hydrogen-bond acceptors (Lipinski definition) is 4. The number of fused-ring (bicyclic) bond motifs is 1. The van der Waals surface area contributed by atoms with E-state index in [2.05, 4.69) is 20.5 Å². The summed E-state index contributed by atoms with van der Waals surface area (Å²) < 4.78 is 37.4. The van der Waals surface area contributed by atoms with Crippen LogP contribution in [0.1, 0.15) is 11.1 Å². The Kier molecular flexibility index (Phi) is 5.27. The first-order valence-corrected chi connectivity index (χ1v) is 8.47. The number of carbonyl (C=O) groups is 1. The molecule has 26 heavy (non-hydrogen) atoms. The minimum Gasteiger partial charge on any atom is -0.333 e. The van der Waals surface area contributed by atoms with E-state index in [1.807, 2.05) is 24.3 Å². The van der Waals surface area contributed by atoms with Crippen molar-refractivity contribution in [2.45, 2.75) is 11.3 Å². The van der Waals surface area contributed by atoms with Crippen LogP contribution in [0.15, 0.2) is 58.8 Å². The lowest BCUT2D eigenvalue weighted by molar-refractivity contribution is -0.137. The molecule has 1 aromatic heterocycles. The molecule has 3 aromatic rings. The van der Waals surface area contributed by atoms with Gasteiger partial charge in [-0.05, 0) is 29.8 Å². The fraction of sp³-hybridized carbons (Fsp3) is 0.118. The van der Waals surface area contributed by atoms with Crippen molar-refractivity contribution >= 4 is 34.9 Å². The van der Waals surface area contributed by atoms with E-state index in [1.54, 1.807) is 0 Å². The minimum atomic E-state index is -4.38. The van der Waals surface area contributed by atoms with E-state index in [9.17, 15) is 18.0 Å². The second-order valence-electron chi connectivity index (χ2n) is 5.26. The number of nitrogens with zero attached hydrogens (tertiary/aromatic N) is 2. The van der Waals surface area contributed by atoms with Crippen LogP contribution in [0.4, 0.5) is 13.2 Å². The number of nitrogens with one attached hydrogen (secondary N) is 2. The molecule has 0 saturated heterocycles. The number of thioether (sulfide) groups is 1. The molecule has 0 bridgehead atoms. The van der Waals surface area contributed by atoms with Gasteiger partial charge in [-0.2, -0.15) is 18.3 Å². The number of hydrazone groups is 1. The maximum absolute atomic E-state index is 12.5.